The first-order valence-electron chi connectivity index (χ1n) is 3.78. The Kier molecular flexibility index (Phi) is 4.03. The van der Waals surface area contributed by atoms with Gasteiger partial charge in [-0.2, -0.15) is 0 Å². The van der Waals surface area contributed by atoms with E-state index in [9.17, 15) is 4.79 Å². The number of carbonyl (C=O) groups excluding carboxylic acids is 1. The maximum atomic E-state index is 11.1. The standard InChI is InChI=1S/C8H8Cl2O2S/c1-2-3-6(11)12-8-7(10)5(9)4-13-8/h4H,2-3H2,1H3. The van der Waals surface area contributed by atoms with Crippen molar-refractivity contribution in [2.24, 2.45) is 0 Å². The zero-order valence-electron chi connectivity index (χ0n) is 6.97. The van der Waals surface area contributed by atoms with E-state index in [1.54, 1.807) is 5.38 Å². The lowest BCUT2D eigenvalue weighted by Gasteiger charge is -1.99. The lowest BCUT2D eigenvalue weighted by Crippen LogP contribution is -2.05. The van der Waals surface area contributed by atoms with Crippen LogP contribution < -0.4 is 4.74 Å². The van der Waals surface area contributed by atoms with Crippen LogP contribution in [0.2, 0.25) is 10.0 Å². The van der Waals surface area contributed by atoms with E-state index in [0.717, 1.165) is 6.42 Å². The molecular formula is C8H8Cl2O2S. The maximum Gasteiger partial charge on any atom is 0.312 e. The Balaban J connectivity index is 2.64. The number of halogens is 2. The zero-order valence-corrected chi connectivity index (χ0v) is 9.30. The first-order valence-corrected chi connectivity index (χ1v) is 5.42. The first-order chi connectivity index (χ1) is 6.15. The fourth-order valence-corrected chi connectivity index (χ4v) is 1.98. The van der Waals surface area contributed by atoms with Crippen LogP contribution in [0.3, 0.4) is 0 Å². The van der Waals surface area contributed by atoms with Gasteiger partial charge in [0.25, 0.3) is 0 Å². The van der Waals surface area contributed by atoms with Crippen LogP contribution in [0, 0.1) is 0 Å². The number of hydrogen-bond acceptors (Lipinski definition) is 3. The molecule has 0 saturated carbocycles. The molecule has 0 bridgehead atoms. The molecule has 0 fully saturated rings. The van der Waals surface area contributed by atoms with Gasteiger partial charge in [-0.15, -0.1) is 11.3 Å². The Labute approximate surface area is 90.4 Å². The van der Waals surface area contributed by atoms with E-state index in [1.807, 2.05) is 6.92 Å². The molecular weight excluding hydrogens is 231 g/mol. The molecule has 5 heteroatoms. The molecule has 13 heavy (non-hydrogen) atoms. The molecule has 0 spiro atoms. The molecule has 0 N–H and O–H groups in total. The van der Waals surface area contributed by atoms with Crippen molar-refractivity contribution in [2.45, 2.75) is 19.8 Å². The number of thiophene rings is 1. The molecule has 0 amide bonds. The third-order valence-corrected chi connectivity index (χ3v) is 3.19. The van der Waals surface area contributed by atoms with Gasteiger partial charge < -0.3 is 4.74 Å². The van der Waals surface area contributed by atoms with Crippen molar-refractivity contribution >= 4 is 40.5 Å². The number of carbonyl (C=O) groups is 1. The Morgan fingerprint density at radius 3 is 2.77 bits per heavy atom. The van der Waals surface area contributed by atoms with Crippen LogP contribution in [0.1, 0.15) is 19.8 Å². The summed E-state index contributed by atoms with van der Waals surface area (Å²) in [6, 6.07) is 0. The molecule has 1 aromatic rings. The van der Waals surface area contributed by atoms with Crippen LogP contribution in [-0.4, -0.2) is 5.97 Å². The Morgan fingerprint density at radius 1 is 1.62 bits per heavy atom. The molecule has 2 nitrogen and oxygen atoms in total. The minimum Gasteiger partial charge on any atom is -0.414 e. The van der Waals surface area contributed by atoms with Crippen molar-refractivity contribution in [3.63, 3.8) is 0 Å². The minimum absolute atomic E-state index is 0.275. The fraction of sp³-hybridized carbons (Fsp3) is 0.375. The average Bonchev–Trinajstić information content (AvgIpc) is 2.37. The van der Waals surface area contributed by atoms with Crippen molar-refractivity contribution in [2.75, 3.05) is 0 Å². The highest BCUT2D eigenvalue weighted by atomic mass is 35.5. The Morgan fingerprint density at radius 2 is 2.31 bits per heavy atom. The van der Waals surface area contributed by atoms with Crippen LogP contribution in [0.15, 0.2) is 5.38 Å². The van der Waals surface area contributed by atoms with Crippen LogP contribution >= 0.6 is 34.5 Å². The van der Waals surface area contributed by atoms with Gasteiger partial charge in [0.05, 0.1) is 5.02 Å². The highest BCUT2D eigenvalue weighted by Gasteiger charge is 2.12. The molecule has 0 radical (unpaired) electrons. The van der Waals surface area contributed by atoms with Crippen molar-refractivity contribution in [3.8, 4) is 5.06 Å². The summed E-state index contributed by atoms with van der Waals surface area (Å²) >= 11 is 12.7. The van der Waals surface area contributed by atoms with E-state index >= 15 is 0 Å². The summed E-state index contributed by atoms with van der Waals surface area (Å²) in [6.45, 7) is 1.91. The number of esters is 1. The SMILES string of the molecule is CCCC(=O)Oc1scc(Cl)c1Cl. The summed E-state index contributed by atoms with van der Waals surface area (Å²) in [5.41, 5.74) is 0. The van der Waals surface area contributed by atoms with Gasteiger partial charge >= 0.3 is 5.97 Å². The van der Waals surface area contributed by atoms with Crippen molar-refractivity contribution in [3.05, 3.63) is 15.4 Å². The predicted octanol–water partition coefficient (Wildman–Crippen LogP) is 3.76. The topological polar surface area (TPSA) is 26.3 Å². The van der Waals surface area contributed by atoms with E-state index in [0.29, 0.717) is 21.5 Å². The van der Waals surface area contributed by atoms with E-state index < -0.39 is 0 Å². The van der Waals surface area contributed by atoms with E-state index in [2.05, 4.69) is 0 Å². The molecule has 0 aliphatic rings. The fourth-order valence-electron chi connectivity index (χ4n) is 0.734. The molecule has 0 atom stereocenters. The zero-order chi connectivity index (χ0) is 9.84. The number of rotatable bonds is 3. The summed E-state index contributed by atoms with van der Waals surface area (Å²) in [6.07, 6.45) is 1.15. The third-order valence-electron chi connectivity index (χ3n) is 1.32. The molecule has 0 aromatic carbocycles. The summed E-state index contributed by atoms with van der Waals surface area (Å²) in [5.74, 6) is -0.275. The van der Waals surface area contributed by atoms with Gasteiger partial charge in [-0.1, -0.05) is 30.1 Å². The molecule has 0 unspecified atom stereocenters. The predicted molar refractivity (Wildman–Crippen MR) is 54.9 cm³/mol. The van der Waals surface area contributed by atoms with Crippen molar-refractivity contribution in [1.82, 2.24) is 0 Å². The van der Waals surface area contributed by atoms with Crippen LogP contribution in [0.25, 0.3) is 0 Å². The van der Waals surface area contributed by atoms with Gasteiger partial charge in [-0.3, -0.25) is 4.79 Å². The highest BCUT2D eigenvalue weighted by molar-refractivity contribution is 7.13. The minimum atomic E-state index is -0.275. The van der Waals surface area contributed by atoms with Gasteiger partial charge in [0.15, 0.2) is 0 Å². The van der Waals surface area contributed by atoms with Crippen LogP contribution in [0.4, 0.5) is 0 Å². The Hall–Kier alpha value is -0.250. The van der Waals surface area contributed by atoms with Gasteiger partial charge in [0, 0.05) is 11.8 Å². The second kappa shape index (κ2) is 4.84. The maximum absolute atomic E-state index is 11.1. The lowest BCUT2D eigenvalue weighted by atomic mass is 10.3. The second-order valence-corrected chi connectivity index (χ2v) is 4.04. The number of hydrogen-bond donors (Lipinski definition) is 0. The van der Waals surface area contributed by atoms with E-state index in [-0.39, 0.29) is 5.97 Å². The summed E-state index contributed by atoms with van der Waals surface area (Å²) < 4.78 is 4.97. The van der Waals surface area contributed by atoms with Gasteiger partial charge in [-0.05, 0) is 6.42 Å². The molecule has 1 aromatic heterocycles. The second-order valence-electron chi connectivity index (χ2n) is 2.41. The third kappa shape index (κ3) is 2.86. The first kappa shape index (κ1) is 10.8. The molecule has 0 saturated heterocycles. The Bertz CT molecular complexity index is 309. The summed E-state index contributed by atoms with van der Waals surface area (Å²) in [5, 5.41) is 2.76. The lowest BCUT2D eigenvalue weighted by molar-refractivity contribution is -0.134. The summed E-state index contributed by atoms with van der Waals surface area (Å²) in [4.78, 5) is 11.1. The molecule has 0 aliphatic heterocycles. The molecule has 0 aliphatic carbocycles. The normalized spacial score (nSPS) is 10.1. The van der Waals surface area contributed by atoms with Crippen LogP contribution in [-0.2, 0) is 4.79 Å². The summed E-state index contributed by atoms with van der Waals surface area (Å²) in [7, 11) is 0. The van der Waals surface area contributed by atoms with Gasteiger partial charge in [0.2, 0.25) is 5.06 Å². The molecule has 1 rings (SSSR count). The van der Waals surface area contributed by atoms with E-state index in [4.69, 9.17) is 27.9 Å². The smallest absolute Gasteiger partial charge is 0.312 e. The van der Waals surface area contributed by atoms with Gasteiger partial charge in [-0.25, -0.2) is 0 Å². The molecule has 1 heterocycles. The number of ether oxygens (including phenoxy) is 1. The quantitative estimate of drug-likeness (QED) is 0.750. The largest absolute Gasteiger partial charge is 0.414 e. The van der Waals surface area contributed by atoms with E-state index in [1.165, 1.54) is 11.3 Å². The van der Waals surface area contributed by atoms with Crippen molar-refractivity contribution < 1.29 is 9.53 Å². The highest BCUT2D eigenvalue weighted by Crippen LogP contribution is 2.38. The van der Waals surface area contributed by atoms with Gasteiger partial charge in [0.1, 0.15) is 5.02 Å². The molecule has 72 valence electrons. The monoisotopic (exact) mass is 238 g/mol. The van der Waals surface area contributed by atoms with Crippen LogP contribution in [0.5, 0.6) is 5.06 Å². The average molecular weight is 239 g/mol. The van der Waals surface area contributed by atoms with Crippen molar-refractivity contribution in [1.29, 1.82) is 0 Å².